The van der Waals surface area contributed by atoms with E-state index in [-0.39, 0.29) is 12.6 Å². The summed E-state index contributed by atoms with van der Waals surface area (Å²) in [5, 5.41) is 13.9. The smallest absolute Gasteiger partial charge is 0.328 e. The first-order valence-corrected chi connectivity index (χ1v) is 5.50. The molecule has 1 rings (SSSR count). The van der Waals surface area contributed by atoms with Crippen LogP contribution in [0.25, 0.3) is 0 Å². The first-order valence-electron chi connectivity index (χ1n) is 5.50. The van der Waals surface area contributed by atoms with Crippen molar-refractivity contribution in [3.8, 4) is 0 Å². The van der Waals surface area contributed by atoms with Gasteiger partial charge in [0.1, 0.15) is 0 Å². The van der Waals surface area contributed by atoms with Crippen molar-refractivity contribution in [3.05, 3.63) is 0 Å². The summed E-state index contributed by atoms with van der Waals surface area (Å²) in [6.45, 7) is 1.17. The van der Waals surface area contributed by atoms with Gasteiger partial charge in [-0.2, -0.15) is 0 Å². The van der Waals surface area contributed by atoms with E-state index in [1.165, 1.54) is 7.11 Å². The van der Waals surface area contributed by atoms with Crippen LogP contribution in [0.1, 0.15) is 12.8 Å². The van der Waals surface area contributed by atoms with Gasteiger partial charge in [-0.3, -0.25) is 0 Å². The SMILES string of the molecule is COCC(NC(=O)NC1CCOCC1)C(=O)O. The van der Waals surface area contributed by atoms with Crippen LogP contribution < -0.4 is 10.6 Å². The maximum absolute atomic E-state index is 11.5. The number of carboxylic acid groups (broad SMARTS) is 1. The number of carbonyl (C=O) groups is 2. The van der Waals surface area contributed by atoms with Crippen molar-refractivity contribution in [2.75, 3.05) is 26.9 Å². The molecule has 0 spiro atoms. The van der Waals surface area contributed by atoms with E-state index in [2.05, 4.69) is 10.6 Å². The zero-order chi connectivity index (χ0) is 12.7. The molecule has 1 heterocycles. The Balaban J connectivity index is 2.33. The highest BCUT2D eigenvalue weighted by Gasteiger charge is 2.22. The molecule has 0 saturated carbocycles. The van der Waals surface area contributed by atoms with Crippen LogP contribution in [-0.2, 0) is 14.3 Å². The molecule has 1 fully saturated rings. The highest BCUT2D eigenvalue weighted by Crippen LogP contribution is 2.05. The third kappa shape index (κ3) is 5.01. The minimum atomic E-state index is -1.12. The molecule has 0 aromatic heterocycles. The third-order valence-corrected chi connectivity index (χ3v) is 2.49. The average molecular weight is 246 g/mol. The zero-order valence-electron chi connectivity index (χ0n) is 9.77. The van der Waals surface area contributed by atoms with E-state index >= 15 is 0 Å². The quantitative estimate of drug-likeness (QED) is 0.611. The van der Waals surface area contributed by atoms with Gasteiger partial charge in [-0.25, -0.2) is 9.59 Å². The van der Waals surface area contributed by atoms with Gasteiger partial charge in [-0.1, -0.05) is 0 Å². The Kier molecular flexibility index (Phi) is 5.71. The Morgan fingerprint density at radius 3 is 2.65 bits per heavy atom. The van der Waals surface area contributed by atoms with Gasteiger partial charge >= 0.3 is 12.0 Å². The summed E-state index contributed by atoms with van der Waals surface area (Å²) >= 11 is 0. The molecule has 7 heteroatoms. The molecule has 0 aromatic rings. The molecule has 1 atom stereocenters. The van der Waals surface area contributed by atoms with Gasteiger partial charge < -0.3 is 25.2 Å². The number of methoxy groups -OCH3 is 1. The summed E-state index contributed by atoms with van der Waals surface area (Å²) < 4.78 is 9.87. The van der Waals surface area contributed by atoms with Crippen LogP contribution in [0.2, 0.25) is 0 Å². The van der Waals surface area contributed by atoms with Gasteiger partial charge in [-0.15, -0.1) is 0 Å². The van der Waals surface area contributed by atoms with E-state index < -0.39 is 18.0 Å². The minimum absolute atomic E-state index is 0.0424. The Morgan fingerprint density at radius 2 is 2.12 bits per heavy atom. The van der Waals surface area contributed by atoms with E-state index in [9.17, 15) is 9.59 Å². The van der Waals surface area contributed by atoms with E-state index in [0.29, 0.717) is 13.2 Å². The number of aliphatic carboxylic acids is 1. The maximum Gasteiger partial charge on any atom is 0.328 e. The zero-order valence-corrected chi connectivity index (χ0v) is 9.77. The predicted molar refractivity (Wildman–Crippen MR) is 58.8 cm³/mol. The molecule has 2 amide bonds. The normalized spacial score (nSPS) is 18.4. The second-order valence-corrected chi connectivity index (χ2v) is 3.85. The lowest BCUT2D eigenvalue weighted by Gasteiger charge is -2.24. The van der Waals surface area contributed by atoms with Crippen LogP contribution in [0.4, 0.5) is 4.79 Å². The third-order valence-electron chi connectivity index (χ3n) is 2.49. The Labute approximate surface area is 99.5 Å². The van der Waals surface area contributed by atoms with Crippen molar-refractivity contribution < 1.29 is 24.2 Å². The molecule has 7 nitrogen and oxygen atoms in total. The van der Waals surface area contributed by atoms with Crippen LogP contribution in [0, 0.1) is 0 Å². The number of nitrogens with one attached hydrogen (secondary N) is 2. The molecule has 0 aromatic carbocycles. The topological polar surface area (TPSA) is 96.9 Å². The van der Waals surface area contributed by atoms with Crippen LogP contribution in [0.5, 0.6) is 0 Å². The summed E-state index contributed by atoms with van der Waals surface area (Å²) in [5.41, 5.74) is 0. The van der Waals surface area contributed by atoms with Crippen molar-refractivity contribution in [1.82, 2.24) is 10.6 Å². The van der Waals surface area contributed by atoms with Crippen LogP contribution >= 0.6 is 0 Å². The predicted octanol–water partition coefficient (Wildman–Crippen LogP) is -0.436. The molecule has 0 aliphatic carbocycles. The average Bonchev–Trinajstić information content (AvgIpc) is 2.29. The van der Waals surface area contributed by atoms with Crippen molar-refractivity contribution in [1.29, 1.82) is 0 Å². The number of carboxylic acids is 1. The standard InChI is InChI=1S/C10H18N2O5/c1-16-6-8(9(13)14)12-10(15)11-7-2-4-17-5-3-7/h7-8H,2-6H2,1H3,(H,13,14)(H2,11,12,15). The number of rotatable bonds is 5. The van der Waals surface area contributed by atoms with E-state index in [4.69, 9.17) is 14.6 Å². The first-order chi connectivity index (χ1) is 8.13. The van der Waals surface area contributed by atoms with Crippen LogP contribution in [0.15, 0.2) is 0 Å². The molecular formula is C10H18N2O5. The highest BCUT2D eigenvalue weighted by molar-refractivity contribution is 5.82. The number of urea groups is 1. The summed E-state index contributed by atoms with van der Waals surface area (Å²) in [7, 11) is 1.38. The summed E-state index contributed by atoms with van der Waals surface area (Å²) in [6.07, 6.45) is 1.49. The molecule has 0 bridgehead atoms. The Bertz CT molecular complexity index is 265. The summed E-state index contributed by atoms with van der Waals surface area (Å²) in [5.74, 6) is -1.12. The number of hydrogen-bond acceptors (Lipinski definition) is 4. The summed E-state index contributed by atoms with van der Waals surface area (Å²) in [6, 6.07) is -1.47. The fourth-order valence-corrected chi connectivity index (χ4v) is 1.57. The number of carbonyl (C=O) groups excluding carboxylic acids is 1. The van der Waals surface area contributed by atoms with E-state index in [1.807, 2.05) is 0 Å². The Morgan fingerprint density at radius 1 is 1.47 bits per heavy atom. The first kappa shape index (κ1) is 13.7. The lowest BCUT2D eigenvalue weighted by molar-refractivity contribution is -0.140. The molecule has 1 saturated heterocycles. The van der Waals surface area contributed by atoms with Gasteiger partial charge in [0.25, 0.3) is 0 Å². The summed E-state index contributed by atoms with van der Waals surface area (Å²) in [4.78, 5) is 22.3. The molecule has 0 radical (unpaired) electrons. The number of ether oxygens (including phenoxy) is 2. The molecule has 1 aliphatic rings. The van der Waals surface area contributed by atoms with Crippen molar-refractivity contribution in [2.45, 2.75) is 24.9 Å². The molecule has 3 N–H and O–H groups in total. The van der Waals surface area contributed by atoms with Gasteiger partial charge in [0.05, 0.1) is 6.61 Å². The van der Waals surface area contributed by atoms with Gasteiger partial charge in [-0.05, 0) is 12.8 Å². The lowest BCUT2D eigenvalue weighted by Crippen LogP contribution is -2.51. The second kappa shape index (κ2) is 7.08. The monoisotopic (exact) mass is 246 g/mol. The van der Waals surface area contributed by atoms with Crippen LogP contribution in [-0.4, -0.2) is 56.1 Å². The van der Waals surface area contributed by atoms with Crippen molar-refractivity contribution >= 4 is 12.0 Å². The largest absolute Gasteiger partial charge is 0.480 e. The maximum atomic E-state index is 11.5. The lowest BCUT2D eigenvalue weighted by atomic mass is 10.1. The van der Waals surface area contributed by atoms with E-state index in [1.54, 1.807) is 0 Å². The molecular weight excluding hydrogens is 228 g/mol. The molecule has 98 valence electrons. The van der Waals surface area contributed by atoms with Gasteiger partial charge in [0, 0.05) is 26.4 Å². The van der Waals surface area contributed by atoms with E-state index in [0.717, 1.165) is 12.8 Å². The van der Waals surface area contributed by atoms with Gasteiger partial charge in [0.15, 0.2) is 6.04 Å². The molecule has 1 aliphatic heterocycles. The van der Waals surface area contributed by atoms with Crippen molar-refractivity contribution in [2.24, 2.45) is 0 Å². The fraction of sp³-hybridized carbons (Fsp3) is 0.800. The van der Waals surface area contributed by atoms with Crippen LogP contribution in [0.3, 0.4) is 0 Å². The second-order valence-electron chi connectivity index (χ2n) is 3.85. The molecule has 1 unspecified atom stereocenters. The Hall–Kier alpha value is -1.34. The molecule has 17 heavy (non-hydrogen) atoms. The number of hydrogen-bond donors (Lipinski definition) is 3. The van der Waals surface area contributed by atoms with Crippen molar-refractivity contribution in [3.63, 3.8) is 0 Å². The number of amides is 2. The highest BCUT2D eigenvalue weighted by atomic mass is 16.5. The van der Waals surface area contributed by atoms with Gasteiger partial charge in [0.2, 0.25) is 0 Å². The fourth-order valence-electron chi connectivity index (χ4n) is 1.57. The minimum Gasteiger partial charge on any atom is -0.480 e.